The van der Waals surface area contributed by atoms with Crippen molar-refractivity contribution in [2.45, 2.75) is 38.1 Å². The Bertz CT molecular complexity index is 979. The molecule has 1 unspecified atom stereocenters. The van der Waals surface area contributed by atoms with Gasteiger partial charge < -0.3 is 4.98 Å². The first-order valence-corrected chi connectivity index (χ1v) is 8.46. The van der Waals surface area contributed by atoms with Gasteiger partial charge >= 0.3 is 0 Å². The third-order valence-corrected chi connectivity index (χ3v) is 5.03. The van der Waals surface area contributed by atoms with Crippen LogP contribution in [0.2, 0.25) is 0 Å². The minimum Gasteiger partial charge on any atom is -0.346 e. The number of aromatic nitrogens is 5. The minimum atomic E-state index is 0.0110. The van der Waals surface area contributed by atoms with Crippen LogP contribution < -0.4 is 0 Å². The van der Waals surface area contributed by atoms with Crippen molar-refractivity contribution in [3.8, 4) is 23.4 Å². The predicted octanol–water partition coefficient (Wildman–Crippen LogP) is 3.34. The quantitative estimate of drug-likeness (QED) is 0.789. The molecule has 1 fully saturated rings. The lowest BCUT2D eigenvalue weighted by Crippen LogP contribution is -2.17. The summed E-state index contributed by atoms with van der Waals surface area (Å²) in [6.07, 6.45) is 10.2. The Kier molecular flexibility index (Phi) is 3.91. The summed E-state index contributed by atoms with van der Waals surface area (Å²) < 4.78 is 1.81. The van der Waals surface area contributed by atoms with Crippen molar-refractivity contribution in [2.24, 2.45) is 5.92 Å². The van der Waals surface area contributed by atoms with Gasteiger partial charge in [-0.2, -0.15) is 15.6 Å². The van der Waals surface area contributed by atoms with Gasteiger partial charge in [0.25, 0.3) is 0 Å². The Morgan fingerprint density at radius 3 is 2.88 bits per heavy atom. The minimum absolute atomic E-state index is 0.0110. The zero-order valence-corrected chi connectivity index (χ0v) is 13.7. The first-order valence-electron chi connectivity index (χ1n) is 8.46. The molecule has 1 saturated carbocycles. The maximum atomic E-state index is 9.55. The van der Waals surface area contributed by atoms with E-state index in [0.717, 1.165) is 23.9 Å². The van der Waals surface area contributed by atoms with Crippen molar-refractivity contribution in [1.82, 2.24) is 24.7 Å². The van der Waals surface area contributed by atoms with Crippen LogP contribution in [0.25, 0.3) is 22.3 Å². The van der Waals surface area contributed by atoms with E-state index in [4.69, 9.17) is 0 Å². The highest BCUT2D eigenvalue weighted by atomic mass is 15.3. The molecule has 0 saturated heterocycles. The fraction of sp³-hybridized carbons (Fsp3) is 0.389. The van der Waals surface area contributed by atoms with Gasteiger partial charge in [-0.3, -0.25) is 4.68 Å². The summed E-state index contributed by atoms with van der Waals surface area (Å²) in [5, 5.41) is 24.1. The van der Waals surface area contributed by atoms with Crippen LogP contribution in [-0.2, 0) is 0 Å². The fourth-order valence-corrected chi connectivity index (χ4v) is 3.82. The van der Waals surface area contributed by atoms with E-state index >= 15 is 0 Å². The molecule has 4 rings (SSSR count). The number of hydrogen-bond donors (Lipinski definition) is 1. The molecule has 7 nitrogen and oxygen atoms in total. The lowest BCUT2D eigenvalue weighted by atomic mass is 9.96. The van der Waals surface area contributed by atoms with Gasteiger partial charge in [-0.1, -0.05) is 12.8 Å². The smallest absolute Gasteiger partial charge is 0.171 e. The van der Waals surface area contributed by atoms with Gasteiger partial charge in [0.05, 0.1) is 29.8 Å². The second kappa shape index (κ2) is 6.37. The second-order valence-corrected chi connectivity index (χ2v) is 6.42. The van der Waals surface area contributed by atoms with Crippen molar-refractivity contribution in [3.05, 3.63) is 30.5 Å². The molecule has 0 spiro atoms. The van der Waals surface area contributed by atoms with Crippen LogP contribution in [0.4, 0.5) is 0 Å². The highest BCUT2D eigenvalue weighted by molar-refractivity contribution is 5.91. The number of rotatable bonds is 4. The molecule has 124 valence electrons. The summed E-state index contributed by atoms with van der Waals surface area (Å²) in [4.78, 5) is 11.6. The number of H-pyrrole nitrogens is 1. The second-order valence-electron chi connectivity index (χ2n) is 6.42. The van der Waals surface area contributed by atoms with E-state index in [9.17, 15) is 10.5 Å². The average Bonchev–Trinajstić information content (AvgIpc) is 3.39. The lowest BCUT2D eigenvalue weighted by Gasteiger charge is -2.21. The molecular weight excluding hydrogens is 314 g/mol. The van der Waals surface area contributed by atoms with Crippen molar-refractivity contribution in [3.63, 3.8) is 0 Å². The Labute approximate surface area is 144 Å². The van der Waals surface area contributed by atoms with Crippen LogP contribution >= 0.6 is 0 Å². The Morgan fingerprint density at radius 2 is 2.12 bits per heavy atom. The van der Waals surface area contributed by atoms with Crippen LogP contribution in [0.3, 0.4) is 0 Å². The molecule has 3 aromatic heterocycles. The molecule has 0 amide bonds. The van der Waals surface area contributed by atoms with Gasteiger partial charge in [0.15, 0.2) is 5.69 Å². The standard InChI is InChI=1S/C18H17N7/c19-7-5-16(12-3-1-2-4-12)25-10-14(15(9-20)24-25)17-13-6-8-21-18(13)23-11-22-17/h6,8,10-12,16H,1-5H2,(H,21,22,23). The monoisotopic (exact) mass is 331 g/mol. The van der Waals surface area contributed by atoms with Crippen LogP contribution in [0, 0.1) is 28.6 Å². The molecule has 7 heteroatoms. The summed E-state index contributed by atoms with van der Waals surface area (Å²) in [6, 6.07) is 6.36. The molecule has 3 aromatic rings. The number of nitrogens with zero attached hydrogens (tertiary/aromatic N) is 6. The summed E-state index contributed by atoms with van der Waals surface area (Å²) in [5.74, 6) is 0.441. The number of hydrogen-bond acceptors (Lipinski definition) is 5. The van der Waals surface area contributed by atoms with Crippen LogP contribution in [0.5, 0.6) is 0 Å². The molecule has 1 aliphatic carbocycles. The largest absolute Gasteiger partial charge is 0.346 e. The maximum Gasteiger partial charge on any atom is 0.171 e. The first-order chi connectivity index (χ1) is 12.3. The van der Waals surface area contributed by atoms with Crippen molar-refractivity contribution >= 4 is 11.0 Å². The normalized spacial score (nSPS) is 15.9. The molecule has 1 N–H and O–H groups in total. The molecule has 0 aromatic carbocycles. The third-order valence-electron chi connectivity index (χ3n) is 5.03. The van der Waals surface area contributed by atoms with E-state index in [-0.39, 0.29) is 6.04 Å². The molecule has 1 atom stereocenters. The number of nitriles is 2. The average molecular weight is 331 g/mol. The number of aromatic amines is 1. The molecule has 0 radical (unpaired) electrons. The van der Waals surface area contributed by atoms with Gasteiger partial charge in [0.1, 0.15) is 18.0 Å². The zero-order valence-electron chi connectivity index (χ0n) is 13.7. The van der Waals surface area contributed by atoms with Gasteiger partial charge in [0, 0.05) is 17.8 Å². The van der Waals surface area contributed by atoms with E-state index in [1.54, 1.807) is 6.20 Å². The highest BCUT2D eigenvalue weighted by Gasteiger charge is 2.28. The third kappa shape index (κ3) is 2.64. The Hall–Kier alpha value is -3.19. The molecule has 0 bridgehead atoms. The van der Waals surface area contributed by atoms with E-state index in [1.807, 2.05) is 16.9 Å². The van der Waals surface area contributed by atoms with E-state index in [0.29, 0.717) is 29.3 Å². The maximum absolute atomic E-state index is 9.55. The summed E-state index contributed by atoms with van der Waals surface area (Å²) >= 11 is 0. The van der Waals surface area contributed by atoms with Gasteiger partial charge in [-0.25, -0.2) is 9.97 Å². The van der Waals surface area contributed by atoms with Crippen LogP contribution in [-0.4, -0.2) is 24.7 Å². The van der Waals surface area contributed by atoms with Gasteiger partial charge in [-0.05, 0) is 24.8 Å². The lowest BCUT2D eigenvalue weighted by molar-refractivity contribution is 0.314. The highest BCUT2D eigenvalue weighted by Crippen LogP contribution is 2.37. The van der Waals surface area contributed by atoms with E-state index < -0.39 is 0 Å². The zero-order chi connectivity index (χ0) is 17.2. The van der Waals surface area contributed by atoms with Gasteiger partial charge in [0.2, 0.25) is 0 Å². The van der Waals surface area contributed by atoms with Crippen molar-refractivity contribution < 1.29 is 0 Å². The molecular formula is C18H17N7. The van der Waals surface area contributed by atoms with E-state index in [2.05, 4.69) is 32.2 Å². The number of fused-ring (bicyclic) bond motifs is 1. The van der Waals surface area contributed by atoms with Crippen LogP contribution in [0.15, 0.2) is 24.8 Å². The number of nitrogens with one attached hydrogen (secondary N) is 1. The Morgan fingerprint density at radius 1 is 1.28 bits per heavy atom. The molecule has 1 aliphatic rings. The molecule has 3 heterocycles. The topological polar surface area (TPSA) is 107 Å². The summed E-state index contributed by atoms with van der Waals surface area (Å²) in [6.45, 7) is 0. The Balaban J connectivity index is 1.81. The van der Waals surface area contributed by atoms with Gasteiger partial charge in [-0.15, -0.1) is 0 Å². The fourth-order valence-electron chi connectivity index (χ4n) is 3.82. The SMILES string of the molecule is N#CCC(C1CCCC1)n1cc(-c2ncnc3[nH]ccc23)c(C#N)n1. The summed E-state index contributed by atoms with van der Waals surface area (Å²) in [5.41, 5.74) is 2.44. The van der Waals surface area contributed by atoms with Crippen LogP contribution in [0.1, 0.15) is 43.8 Å². The van der Waals surface area contributed by atoms with Crippen molar-refractivity contribution in [2.75, 3.05) is 0 Å². The molecule has 25 heavy (non-hydrogen) atoms. The summed E-state index contributed by atoms with van der Waals surface area (Å²) in [7, 11) is 0. The van der Waals surface area contributed by atoms with E-state index in [1.165, 1.54) is 19.2 Å². The first kappa shape index (κ1) is 15.3. The predicted molar refractivity (Wildman–Crippen MR) is 91.0 cm³/mol. The molecule has 0 aliphatic heterocycles. The van der Waals surface area contributed by atoms with Crippen molar-refractivity contribution in [1.29, 1.82) is 10.5 Å².